The number of nitrogens with one attached hydrogen (secondary N) is 1. The lowest BCUT2D eigenvalue weighted by Crippen LogP contribution is -2.29. The van der Waals surface area contributed by atoms with Gasteiger partial charge >= 0.3 is 0 Å². The van der Waals surface area contributed by atoms with Crippen molar-refractivity contribution in [3.63, 3.8) is 0 Å². The molecule has 5 heteroatoms. The third kappa shape index (κ3) is 7.16. The van der Waals surface area contributed by atoms with Crippen molar-refractivity contribution in [3.05, 3.63) is 27.7 Å². The highest BCUT2D eigenvalue weighted by molar-refractivity contribution is 9.10. The Morgan fingerprint density at radius 2 is 2.11 bits per heavy atom. The number of halogens is 2. The Morgan fingerprint density at radius 1 is 1.32 bits per heavy atom. The van der Waals surface area contributed by atoms with E-state index < -0.39 is 0 Å². The first kappa shape index (κ1) is 16.8. The van der Waals surface area contributed by atoms with Gasteiger partial charge in [-0.25, -0.2) is 0 Å². The summed E-state index contributed by atoms with van der Waals surface area (Å²) in [6, 6.07) is 6.10. The van der Waals surface area contributed by atoms with Crippen molar-refractivity contribution in [2.75, 3.05) is 26.4 Å². The van der Waals surface area contributed by atoms with E-state index in [2.05, 4.69) is 35.1 Å². The van der Waals surface area contributed by atoms with Crippen LogP contribution in [0, 0.1) is 0 Å². The molecular formula is C14H21BrClNO2. The van der Waals surface area contributed by atoms with Crippen molar-refractivity contribution >= 4 is 27.5 Å². The molecule has 19 heavy (non-hydrogen) atoms. The second-order valence-electron chi connectivity index (χ2n) is 4.30. The summed E-state index contributed by atoms with van der Waals surface area (Å²) in [5, 5.41) is 3.97. The average Bonchev–Trinajstić information content (AvgIpc) is 2.39. The maximum absolute atomic E-state index is 6.04. The highest BCUT2D eigenvalue weighted by Gasteiger charge is 2.02. The van der Waals surface area contributed by atoms with E-state index in [4.69, 9.17) is 21.1 Å². The number of hydrogen-bond acceptors (Lipinski definition) is 3. The van der Waals surface area contributed by atoms with Crippen LogP contribution in [-0.2, 0) is 4.74 Å². The summed E-state index contributed by atoms with van der Waals surface area (Å²) >= 11 is 9.39. The van der Waals surface area contributed by atoms with Crippen LogP contribution in [-0.4, -0.2) is 32.4 Å². The molecule has 0 saturated heterocycles. The van der Waals surface area contributed by atoms with Gasteiger partial charge in [-0.15, -0.1) is 0 Å². The lowest BCUT2D eigenvalue weighted by molar-refractivity contribution is 0.100. The first-order valence-electron chi connectivity index (χ1n) is 6.52. The molecule has 0 aromatic heterocycles. The molecule has 1 atom stereocenters. The topological polar surface area (TPSA) is 30.5 Å². The minimum absolute atomic E-state index is 0.505. The SMILES string of the molecule is CC[C@@H](C)NCCOCCOc1ccc(Br)cc1Cl. The lowest BCUT2D eigenvalue weighted by atomic mass is 10.3. The molecule has 1 N–H and O–H groups in total. The third-order valence-corrected chi connectivity index (χ3v) is 3.52. The Labute approximate surface area is 128 Å². The fraction of sp³-hybridized carbons (Fsp3) is 0.571. The number of benzene rings is 1. The van der Waals surface area contributed by atoms with Gasteiger partial charge in [-0.3, -0.25) is 0 Å². The second-order valence-corrected chi connectivity index (χ2v) is 5.62. The zero-order chi connectivity index (χ0) is 14.1. The van der Waals surface area contributed by atoms with E-state index in [0.717, 1.165) is 17.4 Å². The average molecular weight is 351 g/mol. The van der Waals surface area contributed by atoms with Gasteiger partial charge in [0.2, 0.25) is 0 Å². The Kier molecular flexibility index (Phi) is 8.46. The quantitative estimate of drug-likeness (QED) is 0.685. The predicted molar refractivity (Wildman–Crippen MR) is 83.2 cm³/mol. The Balaban J connectivity index is 2.07. The second kappa shape index (κ2) is 9.59. The normalized spacial score (nSPS) is 12.4. The van der Waals surface area contributed by atoms with Gasteiger partial charge < -0.3 is 14.8 Å². The molecule has 0 aliphatic rings. The molecule has 1 rings (SSSR count). The van der Waals surface area contributed by atoms with E-state index >= 15 is 0 Å². The van der Waals surface area contributed by atoms with Crippen molar-refractivity contribution in [2.45, 2.75) is 26.3 Å². The van der Waals surface area contributed by atoms with Crippen molar-refractivity contribution < 1.29 is 9.47 Å². The fourth-order valence-corrected chi connectivity index (χ4v) is 2.15. The van der Waals surface area contributed by atoms with Crippen LogP contribution in [0.1, 0.15) is 20.3 Å². The summed E-state index contributed by atoms with van der Waals surface area (Å²) in [4.78, 5) is 0. The highest BCUT2D eigenvalue weighted by atomic mass is 79.9. The smallest absolute Gasteiger partial charge is 0.138 e. The van der Waals surface area contributed by atoms with Crippen molar-refractivity contribution in [1.29, 1.82) is 0 Å². The van der Waals surface area contributed by atoms with E-state index in [1.807, 2.05) is 18.2 Å². The molecule has 108 valence electrons. The Morgan fingerprint density at radius 3 is 2.79 bits per heavy atom. The first-order valence-corrected chi connectivity index (χ1v) is 7.69. The van der Waals surface area contributed by atoms with E-state index in [9.17, 15) is 0 Å². The zero-order valence-corrected chi connectivity index (χ0v) is 13.8. The molecule has 1 aromatic carbocycles. The van der Waals surface area contributed by atoms with Gasteiger partial charge in [0, 0.05) is 17.1 Å². The molecule has 0 aliphatic heterocycles. The van der Waals surface area contributed by atoms with Crippen LogP contribution < -0.4 is 10.1 Å². The number of ether oxygens (including phenoxy) is 2. The molecule has 0 radical (unpaired) electrons. The maximum atomic E-state index is 6.04. The molecule has 0 fully saturated rings. The molecule has 1 aromatic rings. The molecule has 0 spiro atoms. The van der Waals surface area contributed by atoms with E-state index in [1.165, 1.54) is 0 Å². The van der Waals surface area contributed by atoms with Crippen LogP contribution in [0.5, 0.6) is 5.75 Å². The van der Waals surface area contributed by atoms with Crippen molar-refractivity contribution in [1.82, 2.24) is 5.32 Å². The Hall–Kier alpha value is -0.290. The van der Waals surface area contributed by atoms with Crippen LogP contribution in [0.25, 0.3) is 0 Å². The third-order valence-electron chi connectivity index (χ3n) is 2.73. The van der Waals surface area contributed by atoms with Gasteiger partial charge in [0.25, 0.3) is 0 Å². The van der Waals surface area contributed by atoms with Crippen LogP contribution in [0.2, 0.25) is 5.02 Å². The van der Waals surface area contributed by atoms with Gasteiger partial charge in [-0.1, -0.05) is 34.5 Å². The predicted octanol–water partition coefficient (Wildman–Crippen LogP) is 3.89. The van der Waals surface area contributed by atoms with Crippen molar-refractivity contribution in [3.8, 4) is 5.75 Å². The summed E-state index contributed by atoms with van der Waals surface area (Å²) in [5.74, 6) is 0.686. The summed E-state index contributed by atoms with van der Waals surface area (Å²) < 4.78 is 12.0. The highest BCUT2D eigenvalue weighted by Crippen LogP contribution is 2.27. The minimum Gasteiger partial charge on any atom is -0.490 e. The van der Waals surface area contributed by atoms with Gasteiger partial charge in [0.05, 0.1) is 18.2 Å². The molecule has 3 nitrogen and oxygen atoms in total. The molecule has 0 amide bonds. The van der Waals surface area contributed by atoms with E-state index in [0.29, 0.717) is 36.6 Å². The zero-order valence-electron chi connectivity index (χ0n) is 11.4. The number of hydrogen-bond donors (Lipinski definition) is 1. The molecule has 0 heterocycles. The molecule has 0 unspecified atom stereocenters. The van der Waals surface area contributed by atoms with Gasteiger partial charge in [0.15, 0.2) is 0 Å². The summed E-state index contributed by atoms with van der Waals surface area (Å²) in [5.41, 5.74) is 0. The monoisotopic (exact) mass is 349 g/mol. The molecule has 0 aliphatic carbocycles. The van der Waals surface area contributed by atoms with Crippen LogP contribution in [0.4, 0.5) is 0 Å². The van der Waals surface area contributed by atoms with E-state index in [-0.39, 0.29) is 0 Å². The standard InChI is InChI=1S/C14H21BrClNO2/c1-3-11(2)17-6-7-18-8-9-19-14-5-4-12(15)10-13(14)16/h4-5,10-11,17H,3,6-9H2,1-2H3/t11-/m1/s1. The van der Waals surface area contributed by atoms with Gasteiger partial charge in [-0.2, -0.15) is 0 Å². The number of rotatable bonds is 9. The summed E-state index contributed by atoms with van der Waals surface area (Å²) in [7, 11) is 0. The van der Waals surface area contributed by atoms with Crippen molar-refractivity contribution in [2.24, 2.45) is 0 Å². The van der Waals surface area contributed by atoms with Crippen LogP contribution in [0.15, 0.2) is 22.7 Å². The van der Waals surface area contributed by atoms with Gasteiger partial charge in [-0.05, 0) is 31.5 Å². The van der Waals surface area contributed by atoms with Crippen LogP contribution in [0.3, 0.4) is 0 Å². The molecular weight excluding hydrogens is 330 g/mol. The summed E-state index contributed by atoms with van der Waals surface area (Å²) in [6.45, 7) is 6.96. The lowest BCUT2D eigenvalue weighted by Gasteiger charge is -2.12. The molecule has 0 bridgehead atoms. The first-order chi connectivity index (χ1) is 9.13. The minimum atomic E-state index is 0.505. The van der Waals surface area contributed by atoms with Gasteiger partial charge in [0.1, 0.15) is 12.4 Å². The summed E-state index contributed by atoms with van der Waals surface area (Å²) in [6.07, 6.45) is 1.13. The van der Waals surface area contributed by atoms with E-state index in [1.54, 1.807) is 0 Å². The maximum Gasteiger partial charge on any atom is 0.138 e. The largest absolute Gasteiger partial charge is 0.490 e. The Bertz CT molecular complexity index is 376. The van der Waals surface area contributed by atoms with Crippen LogP contribution >= 0.6 is 27.5 Å². The molecule has 0 saturated carbocycles. The fourth-order valence-electron chi connectivity index (χ4n) is 1.43.